The number of aromatic carboxylic acids is 1. The molecule has 6 heteroatoms. The fourth-order valence-corrected chi connectivity index (χ4v) is 1.69. The maximum absolute atomic E-state index is 11.0. The standard InChI is InChI=1S/C12H12N2O4/c1-17-9-4-6-3-7(12(15)16)11(13)14-8(6)5-10(9)18-2/h3-5H,1-2H3,(H2,13,14)(H,15,16). The Morgan fingerprint density at radius 2 is 1.83 bits per heavy atom. The van der Waals surface area contributed by atoms with Gasteiger partial charge in [0.15, 0.2) is 11.5 Å². The van der Waals surface area contributed by atoms with Crippen molar-refractivity contribution < 1.29 is 19.4 Å². The van der Waals surface area contributed by atoms with Gasteiger partial charge >= 0.3 is 5.97 Å². The molecule has 0 aliphatic rings. The van der Waals surface area contributed by atoms with Crippen LogP contribution in [0.1, 0.15) is 10.4 Å². The Labute approximate surface area is 103 Å². The Kier molecular flexibility index (Phi) is 2.93. The summed E-state index contributed by atoms with van der Waals surface area (Å²) in [4.78, 5) is 15.0. The van der Waals surface area contributed by atoms with Gasteiger partial charge in [-0.2, -0.15) is 0 Å². The number of rotatable bonds is 3. The van der Waals surface area contributed by atoms with E-state index < -0.39 is 5.97 Å². The van der Waals surface area contributed by atoms with E-state index in [0.717, 1.165) is 0 Å². The van der Waals surface area contributed by atoms with Gasteiger partial charge in [-0.3, -0.25) is 0 Å². The van der Waals surface area contributed by atoms with E-state index in [2.05, 4.69) is 4.98 Å². The summed E-state index contributed by atoms with van der Waals surface area (Å²) in [6, 6.07) is 4.77. The molecular formula is C12H12N2O4. The van der Waals surface area contributed by atoms with Crippen LogP contribution in [0.2, 0.25) is 0 Å². The van der Waals surface area contributed by atoms with Crippen LogP contribution in [0.15, 0.2) is 18.2 Å². The van der Waals surface area contributed by atoms with E-state index in [1.54, 1.807) is 12.1 Å². The van der Waals surface area contributed by atoms with E-state index in [0.29, 0.717) is 22.4 Å². The molecule has 0 atom stereocenters. The number of nitrogen functional groups attached to an aromatic ring is 1. The second-order valence-corrected chi connectivity index (χ2v) is 3.63. The summed E-state index contributed by atoms with van der Waals surface area (Å²) in [5.74, 6) is -0.119. The first-order valence-electron chi connectivity index (χ1n) is 5.12. The van der Waals surface area contributed by atoms with Gasteiger partial charge in [0.25, 0.3) is 0 Å². The van der Waals surface area contributed by atoms with Crippen molar-refractivity contribution in [1.82, 2.24) is 4.98 Å². The minimum atomic E-state index is -1.11. The summed E-state index contributed by atoms with van der Waals surface area (Å²) >= 11 is 0. The number of nitrogens with zero attached hydrogens (tertiary/aromatic N) is 1. The normalized spacial score (nSPS) is 10.3. The van der Waals surface area contributed by atoms with Crippen molar-refractivity contribution in [2.45, 2.75) is 0 Å². The third kappa shape index (κ3) is 1.88. The van der Waals surface area contributed by atoms with Crippen molar-refractivity contribution in [2.24, 2.45) is 0 Å². The quantitative estimate of drug-likeness (QED) is 0.855. The highest BCUT2D eigenvalue weighted by molar-refractivity contribution is 5.98. The second-order valence-electron chi connectivity index (χ2n) is 3.63. The van der Waals surface area contributed by atoms with Gasteiger partial charge in [-0.05, 0) is 12.1 Å². The Balaban J connectivity index is 2.73. The lowest BCUT2D eigenvalue weighted by Gasteiger charge is -2.10. The highest BCUT2D eigenvalue weighted by Crippen LogP contribution is 2.32. The fraction of sp³-hybridized carbons (Fsp3) is 0.167. The largest absolute Gasteiger partial charge is 0.493 e. The number of carboxylic acid groups (broad SMARTS) is 1. The Bertz CT molecular complexity index is 625. The van der Waals surface area contributed by atoms with Gasteiger partial charge in [0, 0.05) is 11.5 Å². The maximum atomic E-state index is 11.0. The number of hydrogen-bond donors (Lipinski definition) is 2. The molecule has 94 valence electrons. The third-order valence-corrected chi connectivity index (χ3v) is 2.58. The molecule has 1 heterocycles. The van der Waals surface area contributed by atoms with Crippen LogP contribution in [0.25, 0.3) is 10.9 Å². The number of pyridine rings is 1. The molecule has 6 nitrogen and oxygen atoms in total. The summed E-state index contributed by atoms with van der Waals surface area (Å²) < 4.78 is 10.3. The number of carboxylic acids is 1. The van der Waals surface area contributed by atoms with Gasteiger partial charge in [-0.15, -0.1) is 0 Å². The molecule has 2 rings (SSSR count). The lowest BCUT2D eigenvalue weighted by Crippen LogP contribution is -2.04. The van der Waals surface area contributed by atoms with Crippen molar-refractivity contribution in [2.75, 3.05) is 20.0 Å². The van der Waals surface area contributed by atoms with E-state index in [4.69, 9.17) is 20.3 Å². The van der Waals surface area contributed by atoms with Crippen molar-refractivity contribution in [3.05, 3.63) is 23.8 Å². The second kappa shape index (κ2) is 4.40. The number of hydrogen-bond acceptors (Lipinski definition) is 5. The van der Waals surface area contributed by atoms with Crippen LogP contribution < -0.4 is 15.2 Å². The highest BCUT2D eigenvalue weighted by atomic mass is 16.5. The number of ether oxygens (including phenoxy) is 2. The summed E-state index contributed by atoms with van der Waals surface area (Å²) in [6.07, 6.45) is 0. The minimum absolute atomic E-state index is 0.0257. The number of nitrogens with two attached hydrogens (primary N) is 1. The Morgan fingerprint density at radius 3 is 2.39 bits per heavy atom. The van der Waals surface area contributed by atoms with Gasteiger partial charge in [0.1, 0.15) is 11.4 Å². The van der Waals surface area contributed by atoms with Crippen LogP contribution in [0.4, 0.5) is 5.82 Å². The Hall–Kier alpha value is -2.50. The average molecular weight is 248 g/mol. The summed E-state index contributed by atoms with van der Waals surface area (Å²) in [7, 11) is 3.02. The van der Waals surface area contributed by atoms with E-state index in [1.165, 1.54) is 20.3 Å². The molecule has 0 saturated heterocycles. The summed E-state index contributed by atoms with van der Waals surface area (Å²) in [5.41, 5.74) is 6.10. The first-order chi connectivity index (χ1) is 8.56. The highest BCUT2D eigenvalue weighted by Gasteiger charge is 2.13. The topological polar surface area (TPSA) is 94.7 Å². The lowest BCUT2D eigenvalue weighted by atomic mass is 10.1. The van der Waals surface area contributed by atoms with Gasteiger partial charge in [0.2, 0.25) is 0 Å². The first kappa shape index (κ1) is 12.0. The fourth-order valence-electron chi connectivity index (χ4n) is 1.69. The van der Waals surface area contributed by atoms with Crippen molar-refractivity contribution in [3.63, 3.8) is 0 Å². The molecule has 1 aromatic heterocycles. The molecule has 18 heavy (non-hydrogen) atoms. The van der Waals surface area contributed by atoms with Crippen LogP contribution in [-0.2, 0) is 0 Å². The Morgan fingerprint density at radius 1 is 1.22 bits per heavy atom. The third-order valence-electron chi connectivity index (χ3n) is 2.58. The minimum Gasteiger partial charge on any atom is -0.493 e. The van der Waals surface area contributed by atoms with Crippen LogP contribution in [-0.4, -0.2) is 30.3 Å². The SMILES string of the molecule is COc1cc2cc(C(=O)O)c(N)nc2cc1OC. The summed E-state index contributed by atoms with van der Waals surface area (Å²) in [6.45, 7) is 0. The number of fused-ring (bicyclic) bond motifs is 1. The zero-order valence-electron chi connectivity index (χ0n) is 9.93. The van der Waals surface area contributed by atoms with Crippen molar-refractivity contribution in [3.8, 4) is 11.5 Å². The number of anilines is 1. The molecule has 0 spiro atoms. The average Bonchev–Trinajstić information content (AvgIpc) is 2.36. The maximum Gasteiger partial charge on any atom is 0.339 e. The monoisotopic (exact) mass is 248 g/mol. The van der Waals surface area contributed by atoms with E-state index in [9.17, 15) is 4.79 Å². The molecule has 2 aromatic rings. The summed E-state index contributed by atoms with van der Waals surface area (Å²) in [5, 5.41) is 9.60. The van der Waals surface area contributed by atoms with Crippen LogP contribution >= 0.6 is 0 Å². The molecule has 0 amide bonds. The number of methoxy groups -OCH3 is 2. The number of benzene rings is 1. The molecule has 1 aromatic carbocycles. The molecule has 0 saturated carbocycles. The van der Waals surface area contributed by atoms with Crippen molar-refractivity contribution >= 4 is 22.7 Å². The van der Waals surface area contributed by atoms with Gasteiger partial charge in [-0.25, -0.2) is 9.78 Å². The molecule has 0 radical (unpaired) electrons. The molecule has 3 N–H and O–H groups in total. The van der Waals surface area contributed by atoms with E-state index >= 15 is 0 Å². The molecular weight excluding hydrogens is 236 g/mol. The van der Waals surface area contributed by atoms with Gasteiger partial charge in [0.05, 0.1) is 19.7 Å². The smallest absolute Gasteiger partial charge is 0.339 e. The lowest BCUT2D eigenvalue weighted by molar-refractivity contribution is 0.0698. The zero-order valence-corrected chi connectivity index (χ0v) is 9.93. The first-order valence-corrected chi connectivity index (χ1v) is 5.12. The number of aromatic nitrogens is 1. The van der Waals surface area contributed by atoms with E-state index in [-0.39, 0.29) is 11.4 Å². The molecule has 0 fully saturated rings. The zero-order chi connectivity index (χ0) is 13.3. The van der Waals surface area contributed by atoms with Crippen LogP contribution in [0, 0.1) is 0 Å². The van der Waals surface area contributed by atoms with Crippen LogP contribution in [0.3, 0.4) is 0 Å². The molecule has 0 aliphatic carbocycles. The van der Waals surface area contributed by atoms with Gasteiger partial charge in [-0.1, -0.05) is 0 Å². The van der Waals surface area contributed by atoms with Gasteiger partial charge < -0.3 is 20.3 Å². The van der Waals surface area contributed by atoms with Crippen LogP contribution in [0.5, 0.6) is 11.5 Å². The van der Waals surface area contributed by atoms with Crippen molar-refractivity contribution in [1.29, 1.82) is 0 Å². The predicted octanol–water partition coefficient (Wildman–Crippen LogP) is 1.53. The molecule has 0 bridgehead atoms. The van der Waals surface area contributed by atoms with E-state index in [1.807, 2.05) is 0 Å². The molecule has 0 unspecified atom stereocenters. The molecule has 0 aliphatic heterocycles. The number of carbonyl (C=O) groups is 1. The predicted molar refractivity (Wildman–Crippen MR) is 66.2 cm³/mol.